The highest BCUT2D eigenvalue weighted by Gasteiger charge is 2.31. The molecule has 0 spiro atoms. The van der Waals surface area contributed by atoms with E-state index < -0.39 is 23.2 Å². The smallest absolute Gasteiger partial charge is 0.368 e. The number of carbonyl (C=O) groups is 1. The predicted octanol–water partition coefficient (Wildman–Crippen LogP) is 1.40. The lowest BCUT2D eigenvalue weighted by Gasteiger charge is -2.19. The maximum atomic E-state index is 12.3. The third-order valence-electron chi connectivity index (χ3n) is 2.15. The fourth-order valence-electron chi connectivity index (χ4n) is 0.928. The molecular formula is C10H12F3N3OS. The molecule has 4 N–H and O–H groups in total. The fourth-order valence-corrected chi connectivity index (χ4v) is 1.81. The first-order valence-electron chi connectivity index (χ1n) is 4.88. The van der Waals surface area contributed by atoms with Crippen molar-refractivity contribution in [1.82, 2.24) is 4.98 Å². The van der Waals surface area contributed by atoms with E-state index >= 15 is 0 Å². The van der Waals surface area contributed by atoms with E-state index in [1.807, 2.05) is 0 Å². The number of thioether (sulfide) groups is 1. The molecule has 0 aromatic carbocycles. The summed E-state index contributed by atoms with van der Waals surface area (Å²) < 4.78 is 36.8. The van der Waals surface area contributed by atoms with Crippen LogP contribution >= 0.6 is 11.8 Å². The van der Waals surface area contributed by atoms with E-state index in [4.69, 9.17) is 11.5 Å². The van der Waals surface area contributed by atoms with Crippen molar-refractivity contribution < 1.29 is 18.0 Å². The van der Waals surface area contributed by atoms with Crippen molar-refractivity contribution in [2.24, 2.45) is 11.5 Å². The molecular weight excluding hydrogens is 267 g/mol. The van der Waals surface area contributed by atoms with E-state index in [9.17, 15) is 18.0 Å². The molecule has 100 valence electrons. The van der Waals surface area contributed by atoms with Crippen molar-refractivity contribution in [2.75, 3.05) is 5.75 Å². The first-order valence-corrected chi connectivity index (χ1v) is 5.86. The number of carbonyl (C=O) groups excluding carboxylic acids is 1. The van der Waals surface area contributed by atoms with Crippen molar-refractivity contribution >= 4 is 17.7 Å². The Morgan fingerprint density at radius 3 is 2.44 bits per heavy atom. The summed E-state index contributed by atoms with van der Waals surface area (Å²) in [5.74, 6) is -0.539. The molecule has 1 atom stereocenters. The van der Waals surface area contributed by atoms with E-state index in [1.54, 1.807) is 0 Å². The zero-order chi connectivity index (χ0) is 14.0. The van der Waals surface area contributed by atoms with Gasteiger partial charge < -0.3 is 11.5 Å². The molecule has 0 saturated heterocycles. The fraction of sp³-hybridized carbons (Fsp3) is 0.400. The van der Waals surface area contributed by atoms with Crippen LogP contribution in [-0.4, -0.2) is 22.2 Å². The lowest BCUT2D eigenvalue weighted by molar-refractivity contribution is -0.137. The summed E-state index contributed by atoms with van der Waals surface area (Å²) >= 11 is 1.07. The van der Waals surface area contributed by atoms with Gasteiger partial charge in [-0.1, -0.05) is 0 Å². The van der Waals surface area contributed by atoms with E-state index in [1.165, 1.54) is 13.0 Å². The summed E-state index contributed by atoms with van der Waals surface area (Å²) in [6.07, 6.45) is -3.67. The number of rotatable bonds is 4. The highest BCUT2D eigenvalue weighted by atomic mass is 32.2. The third kappa shape index (κ3) is 3.88. The van der Waals surface area contributed by atoms with Crippen LogP contribution in [0.5, 0.6) is 0 Å². The number of hydrogen-bond acceptors (Lipinski definition) is 4. The lowest BCUT2D eigenvalue weighted by Crippen LogP contribution is -2.51. The molecule has 1 aromatic rings. The van der Waals surface area contributed by atoms with E-state index in [2.05, 4.69) is 4.98 Å². The Bertz CT molecular complexity index is 431. The second-order valence-electron chi connectivity index (χ2n) is 3.95. The second kappa shape index (κ2) is 5.15. The Balaban J connectivity index is 2.68. The van der Waals surface area contributed by atoms with Gasteiger partial charge in [0, 0.05) is 11.9 Å². The number of nitrogens with zero attached hydrogens (tertiary/aromatic N) is 1. The van der Waals surface area contributed by atoms with E-state index in [-0.39, 0.29) is 5.75 Å². The SMILES string of the molecule is CC(N)(CSc1ccc(C(F)(F)F)cn1)C(N)=O. The molecule has 0 radical (unpaired) electrons. The first-order chi connectivity index (χ1) is 8.13. The molecule has 1 aromatic heterocycles. The highest BCUT2D eigenvalue weighted by molar-refractivity contribution is 7.99. The molecule has 1 unspecified atom stereocenters. The van der Waals surface area contributed by atoms with Crippen LogP contribution < -0.4 is 11.5 Å². The van der Waals surface area contributed by atoms with Gasteiger partial charge >= 0.3 is 6.18 Å². The standard InChI is InChI=1S/C10H12F3N3OS/c1-9(15,8(14)17)5-18-7-3-2-6(4-16-7)10(11,12)13/h2-4H,5,15H2,1H3,(H2,14,17). The van der Waals surface area contributed by atoms with Gasteiger partial charge in [0.15, 0.2) is 0 Å². The van der Waals surface area contributed by atoms with Gasteiger partial charge in [-0.2, -0.15) is 13.2 Å². The highest BCUT2D eigenvalue weighted by Crippen LogP contribution is 2.29. The summed E-state index contributed by atoms with van der Waals surface area (Å²) in [4.78, 5) is 14.6. The van der Waals surface area contributed by atoms with Crippen molar-refractivity contribution in [1.29, 1.82) is 0 Å². The lowest BCUT2D eigenvalue weighted by atomic mass is 10.1. The second-order valence-corrected chi connectivity index (χ2v) is 4.95. The Morgan fingerprint density at radius 2 is 2.06 bits per heavy atom. The zero-order valence-corrected chi connectivity index (χ0v) is 10.3. The summed E-state index contributed by atoms with van der Waals surface area (Å²) in [5.41, 5.74) is 8.62. The minimum atomic E-state index is -4.41. The van der Waals surface area contributed by atoms with Gasteiger partial charge in [0.1, 0.15) is 5.54 Å². The van der Waals surface area contributed by atoms with Crippen LogP contribution in [0.2, 0.25) is 0 Å². The van der Waals surface area contributed by atoms with Crippen molar-refractivity contribution in [2.45, 2.75) is 23.7 Å². The summed E-state index contributed by atoms with van der Waals surface area (Å²) in [6.45, 7) is 1.45. The summed E-state index contributed by atoms with van der Waals surface area (Å²) in [7, 11) is 0. The van der Waals surface area contributed by atoms with Crippen LogP contribution in [0, 0.1) is 0 Å². The van der Waals surface area contributed by atoms with Crippen molar-refractivity contribution in [3.8, 4) is 0 Å². The van der Waals surface area contributed by atoms with Crippen molar-refractivity contribution in [3.05, 3.63) is 23.9 Å². The number of aromatic nitrogens is 1. The van der Waals surface area contributed by atoms with Gasteiger partial charge in [0.05, 0.1) is 10.6 Å². The van der Waals surface area contributed by atoms with Crippen LogP contribution in [0.15, 0.2) is 23.4 Å². The zero-order valence-electron chi connectivity index (χ0n) is 9.49. The molecule has 1 heterocycles. The van der Waals surface area contributed by atoms with Gasteiger partial charge in [0.25, 0.3) is 0 Å². The van der Waals surface area contributed by atoms with Gasteiger partial charge in [-0.15, -0.1) is 11.8 Å². The maximum Gasteiger partial charge on any atom is 0.417 e. The number of primary amides is 1. The van der Waals surface area contributed by atoms with Crippen LogP contribution in [-0.2, 0) is 11.0 Å². The van der Waals surface area contributed by atoms with Crippen molar-refractivity contribution in [3.63, 3.8) is 0 Å². The maximum absolute atomic E-state index is 12.3. The van der Waals surface area contributed by atoms with E-state index in [0.717, 1.165) is 24.0 Å². The molecule has 0 aliphatic rings. The molecule has 0 bridgehead atoms. The monoisotopic (exact) mass is 279 g/mol. The number of amides is 1. The largest absolute Gasteiger partial charge is 0.417 e. The van der Waals surface area contributed by atoms with Crippen LogP contribution in [0.3, 0.4) is 0 Å². The van der Waals surface area contributed by atoms with Gasteiger partial charge in [0.2, 0.25) is 5.91 Å². The number of nitrogens with two attached hydrogens (primary N) is 2. The van der Waals surface area contributed by atoms with Gasteiger partial charge in [-0.05, 0) is 19.1 Å². The third-order valence-corrected chi connectivity index (χ3v) is 3.43. The minimum absolute atomic E-state index is 0.140. The number of alkyl halides is 3. The Hall–Kier alpha value is -1.28. The molecule has 1 rings (SSSR count). The molecule has 4 nitrogen and oxygen atoms in total. The minimum Gasteiger partial charge on any atom is -0.368 e. The Morgan fingerprint density at radius 1 is 1.44 bits per heavy atom. The number of pyridine rings is 1. The number of hydrogen-bond donors (Lipinski definition) is 2. The molecule has 0 fully saturated rings. The number of halogens is 3. The predicted molar refractivity (Wildman–Crippen MR) is 61.7 cm³/mol. The average molecular weight is 279 g/mol. The average Bonchev–Trinajstić information content (AvgIpc) is 2.25. The van der Waals surface area contributed by atoms with Crippen LogP contribution in [0.25, 0.3) is 0 Å². The molecule has 0 aliphatic carbocycles. The summed E-state index contributed by atoms with van der Waals surface area (Å²) in [5, 5.41) is 0.348. The topological polar surface area (TPSA) is 82.0 Å². The quantitative estimate of drug-likeness (QED) is 0.816. The molecule has 0 aliphatic heterocycles. The Kier molecular flexibility index (Phi) is 4.23. The van der Waals surface area contributed by atoms with Crippen LogP contribution in [0.4, 0.5) is 13.2 Å². The van der Waals surface area contributed by atoms with E-state index in [0.29, 0.717) is 5.03 Å². The molecule has 1 amide bonds. The molecule has 18 heavy (non-hydrogen) atoms. The molecule has 0 saturated carbocycles. The first kappa shape index (κ1) is 14.8. The van der Waals surface area contributed by atoms with Gasteiger partial charge in [-0.25, -0.2) is 4.98 Å². The Labute approximate surface area is 106 Å². The van der Waals surface area contributed by atoms with Gasteiger partial charge in [-0.3, -0.25) is 4.79 Å². The summed E-state index contributed by atoms with van der Waals surface area (Å²) in [6, 6.07) is 2.15. The van der Waals surface area contributed by atoms with Crippen LogP contribution in [0.1, 0.15) is 12.5 Å². The normalized spacial score (nSPS) is 15.2. The molecule has 8 heteroatoms.